The summed E-state index contributed by atoms with van der Waals surface area (Å²) in [6.07, 6.45) is -3.94. The summed E-state index contributed by atoms with van der Waals surface area (Å²) in [5, 5.41) is 12.7. The smallest absolute Gasteiger partial charge is 0.477 e. The Bertz CT molecular complexity index is 1930. The van der Waals surface area contributed by atoms with Gasteiger partial charge in [0.25, 0.3) is 0 Å². The number of rotatable bonds is 7. The quantitative estimate of drug-likeness (QED) is 0.228. The molecule has 0 radical (unpaired) electrons. The number of likely N-dealkylation sites (tertiary alicyclic amines) is 1. The monoisotopic (exact) mass is 763 g/mol. The number of carbonyl (C=O) groups excluding carboxylic acids is 4. The van der Waals surface area contributed by atoms with Crippen molar-refractivity contribution >= 4 is 24.1 Å². The first-order valence-corrected chi connectivity index (χ1v) is 18.5. The molecule has 7 atom stereocenters. The van der Waals surface area contributed by atoms with Crippen molar-refractivity contribution < 1.29 is 62.2 Å². The lowest BCUT2D eigenvalue weighted by Gasteiger charge is -2.61. The fourth-order valence-corrected chi connectivity index (χ4v) is 8.57. The van der Waals surface area contributed by atoms with Crippen molar-refractivity contribution in [2.75, 3.05) is 13.6 Å². The molecule has 14 nitrogen and oxygen atoms in total. The summed E-state index contributed by atoms with van der Waals surface area (Å²) in [7, 11) is 1.97. The molecule has 3 heterocycles. The molecule has 2 aromatic rings. The van der Waals surface area contributed by atoms with Gasteiger partial charge < -0.3 is 47.9 Å². The average Bonchev–Trinajstić information content (AvgIpc) is 3.61. The number of piperidine rings is 1. The molecule has 1 spiro atoms. The highest BCUT2D eigenvalue weighted by Gasteiger charge is 2.72. The van der Waals surface area contributed by atoms with Crippen LogP contribution in [0.2, 0.25) is 0 Å². The van der Waals surface area contributed by atoms with Crippen molar-refractivity contribution in [1.82, 2.24) is 4.90 Å². The molecule has 2 aromatic carbocycles. The fourth-order valence-electron chi connectivity index (χ4n) is 8.57. The fraction of sp³-hybridized carbons (Fsp3) is 0.561. The minimum absolute atomic E-state index is 0.0987. The predicted molar refractivity (Wildman–Crippen MR) is 193 cm³/mol. The molecule has 296 valence electrons. The van der Waals surface area contributed by atoms with Gasteiger partial charge in [-0.05, 0) is 99.5 Å². The number of ether oxygens (including phenoxy) is 8. The lowest BCUT2D eigenvalue weighted by Crippen LogP contribution is -2.74. The third kappa shape index (κ3) is 6.87. The van der Waals surface area contributed by atoms with Gasteiger partial charge in [0.1, 0.15) is 17.0 Å². The highest BCUT2D eigenvalue weighted by Crippen LogP contribution is 2.65. The molecule has 7 rings (SSSR count). The van der Waals surface area contributed by atoms with Gasteiger partial charge in [-0.1, -0.05) is 36.4 Å². The van der Waals surface area contributed by atoms with Gasteiger partial charge in [-0.15, -0.1) is 0 Å². The van der Waals surface area contributed by atoms with Gasteiger partial charge in [-0.2, -0.15) is 0 Å². The highest BCUT2D eigenvalue weighted by molar-refractivity contribution is 5.89. The summed E-state index contributed by atoms with van der Waals surface area (Å²) in [4.78, 5) is 56.3. The van der Waals surface area contributed by atoms with E-state index in [1.165, 1.54) is 13.8 Å². The topological polar surface area (TPSA) is 166 Å². The minimum atomic E-state index is -1.63. The van der Waals surface area contributed by atoms with Crippen LogP contribution in [0.15, 0.2) is 54.3 Å². The largest absolute Gasteiger partial charge is 0.514 e. The average molecular weight is 764 g/mol. The molecule has 1 unspecified atom stereocenters. The molecule has 1 N–H and O–H groups in total. The van der Waals surface area contributed by atoms with Crippen LogP contribution in [0, 0.1) is 0 Å². The predicted octanol–water partition coefficient (Wildman–Crippen LogP) is 4.97. The molecule has 55 heavy (non-hydrogen) atoms. The maximum Gasteiger partial charge on any atom is 0.514 e. The van der Waals surface area contributed by atoms with Crippen molar-refractivity contribution in [3.05, 3.63) is 71.0 Å². The number of carbonyl (C=O) groups is 4. The zero-order valence-corrected chi connectivity index (χ0v) is 32.6. The first-order chi connectivity index (χ1) is 25.6. The Labute approximate surface area is 319 Å². The van der Waals surface area contributed by atoms with E-state index in [2.05, 4.69) is 4.90 Å². The second-order valence-electron chi connectivity index (χ2n) is 17.3. The molecule has 2 bridgehead atoms. The van der Waals surface area contributed by atoms with E-state index in [0.717, 1.165) is 5.56 Å². The zero-order chi connectivity index (χ0) is 39.9. The Hall–Kier alpha value is -4.50. The molecule has 0 saturated carbocycles. The number of benzene rings is 2. The molecule has 2 fully saturated rings. The van der Waals surface area contributed by atoms with Crippen molar-refractivity contribution in [3.8, 4) is 11.5 Å². The standard InChI is InChI=1S/C41H49NO13/c1-37(2,3)54-35(45)28(22-13-11-10-12-14-22)51-34(44)31-30(52-39(7,8)53-31)33(43)48-25-17-18-41(47)26-21-23-15-16-24(49-36(46)55-38(4,5)6)29-27(23)40(41,32(25)50-29)19-20-42(26)9/h10-17,26,28,30-32,47H,18-21H2,1-9H3/t26-,28+,30-,31?,32+,40+,41-/m1/s1. The zero-order valence-electron chi connectivity index (χ0n) is 32.6. The number of hydrogen-bond acceptors (Lipinski definition) is 14. The van der Waals surface area contributed by atoms with Gasteiger partial charge >= 0.3 is 24.1 Å². The summed E-state index contributed by atoms with van der Waals surface area (Å²) in [6, 6.07) is 11.6. The third-order valence-corrected chi connectivity index (χ3v) is 10.7. The van der Waals surface area contributed by atoms with Crippen LogP contribution >= 0.6 is 0 Å². The maximum atomic E-state index is 14.2. The van der Waals surface area contributed by atoms with E-state index in [0.29, 0.717) is 30.5 Å². The summed E-state index contributed by atoms with van der Waals surface area (Å²) in [6.45, 7) is 13.9. The lowest BCUT2D eigenvalue weighted by atomic mass is 9.50. The van der Waals surface area contributed by atoms with Gasteiger partial charge in [0, 0.05) is 23.6 Å². The van der Waals surface area contributed by atoms with E-state index < -0.39 is 76.5 Å². The van der Waals surface area contributed by atoms with Crippen LogP contribution in [0.1, 0.15) is 91.0 Å². The SMILES string of the molecule is CN1CC[C@]23c4c5ccc(OC(=O)OC(C)(C)C)c4O[C@H]2C(OC(=O)[C@@H]2OC(C)(C)OC2C(=O)O[C@H](C(=O)OC(C)(C)C)c2ccccc2)=CC[C@@]3(O)[C@H]1C5. The number of hydrogen-bond donors (Lipinski definition) is 1. The van der Waals surface area contributed by atoms with Crippen LogP contribution in [0.5, 0.6) is 11.5 Å². The van der Waals surface area contributed by atoms with Crippen LogP contribution < -0.4 is 9.47 Å². The molecule has 3 aliphatic heterocycles. The van der Waals surface area contributed by atoms with Crippen molar-refractivity contribution in [1.29, 1.82) is 0 Å². The number of esters is 3. The van der Waals surface area contributed by atoms with Gasteiger partial charge in [-0.3, -0.25) is 0 Å². The molecule has 14 heteroatoms. The molecule has 5 aliphatic rings. The van der Waals surface area contributed by atoms with E-state index in [-0.39, 0.29) is 29.7 Å². The van der Waals surface area contributed by atoms with Crippen LogP contribution in [0.4, 0.5) is 4.79 Å². The highest BCUT2D eigenvalue weighted by atomic mass is 16.8. The van der Waals surface area contributed by atoms with Gasteiger partial charge in [0.05, 0.1) is 11.0 Å². The lowest BCUT2D eigenvalue weighted by molar-refractivity contribution is -0.186. The first kappa shape index (κ1) is 38.8. The molecule has 0 aromatic heterocycles. The third-order valence-electron chi connectivity index (χ3n) is 10.7. The molecular formula is C41H49NO13. The normalized spacial score (nSPS) is 29.5. The van der Waals surface area contributed by atoms with Crippen molar-refractivity contribution in [3.63, 3.8) is 0 Å². The Morgan fingerprint density at radius 2 is 1.55 bits per heavy atom. The van der Waals surface area contributed by atoms with Gasteiger partial charge in [-0.25, -0.2) is 19.2 Å². The Kier molecular flexibility index (Phi) is 9.39. The minimum Gasteiger partial charge on any atom is -0.477 e. The summed E-state index contributed by atoms with van der Waals surface area (Å²) in [5.41, 5.74) is -2.13. The summed E-state index contributed by atoms with van der Waals surface area (Å²) < 4.78 is 47.0. The van der Waals surface area contributed by atoms with Crippen LogP contribution in [0.3, 0.4) is 0 Å². The van der Waals surface area contributed by atoms with E-state index in [4.69, 9.17) is 37.9 Å². The van der Waals surface area contributed by atoms with E-state index in [9.17, 15) is 24.3 Å². The molecular weight excluding hydrogens is 714 g/mol. The maximum absolute atomic E-state index is 14.2. The molecule has 2 saturated heterocycles. The van der Waals surface area contributed by atoms with Gasteiger partial charge in [0.2, 0.25) is 6.10 Å². The van der Waals surface area contributed by atoms with Crippen molar-refractivity contribution in [2.24, 2.45) is 0 Å². The van der Waals surface area contributed by atoms with Crippen molar-refractivity contribution in [2.45, 2.75) is 133 Å². The Morgan fingerprint density at radius 3 is 2.20 bits per heavy atom. The summed E-state index contributed by atoms with van der Waals surface area (Å²) in [5.74, 6) is -3.77. The number of nitrogens with zero attached hydrogens (tertiary/aromatic N) is 1. The van der Waals surface area contributed by atoms with E-state index in [1.54, 1.807) is 84.0 Å². The first-order valence-electron chi connectivity index (χ1n) is 18.5. The number of aliphatic hydroxyl groups is 1. The second kappa shape index (κ2) is 13.3. The molecule has 0 amide bonds. The van der Waals surface area contributed by atoms with E-state index >= 15 is 0 Å². The Morgan fingerprint density at radius 1 is 0.891 bits per heavy atom. The van der Waals surface area contributed by atoms with Gasteiger partial charge in [0.15, 0.2) is 35.6 Å². The number of likely N-dealkylation sites (N-methyl/N-ethyl adjacent to an activating group) is 1. The molecule has 2 aliphatic carbocycles. The van der Waals surface area contributed by atoms with Crippen LogP contribution in [0.25, 0.3) is 0 Å². The van der Waals surface area contributed by atoms with Crippen LogP contribution in [-0.2, 0) is 54.6 Å². The van der Waals surface area contributed by atoms with Crippen LogP contribution in [-0.4, -0.2) is 94.6 Å². The second-order valence-corrected chi connectivity index (χ2v) is 17.3. The van der Waals surface area contributed by atoms with E-state index in [1.807, 2.05) is 13.1 Å². The Balaban J connectivity index is 1.18. The summed E-state index contributed by atoms with van der Waals surface area (Å²) >= 11 is 0.